The maximum Gasteiger partial charge on any atom is 0.337 e. The first-order valence-corrected chi connectivity index (χ1v) is 4.26. The normalized spacial score (nSPS) is 10.3. The minimum absolute atomic E-state index is 0.212. The maximum atomic E-state index is 5.65. The zero-order valence-electron chi connectivity index (χ0n) is 8.38. The molecule has 0 unspecified atom stereocenters. The number of aromatic nitrogens is 5. The Morgan fingerprint density at radius 2 is 2.20 bits per heavy atom. The average Bonchev–Trinajstić information content (AvgIpc) is 2.60. The summed E-state index contributed by atoms with van der Waals surface area (Å²) in [5.41, 5.74) is 6.48. The standard InChI is InChI=1S/C8H10N6O/c1-5-3-6(11-4-10-5)14-7(9)12-8(13-14)15-2/h3-4H,1-2H3,(H2,9,12,13). The van der Waals surface area contributed by atoms with Crippen molar-refractivity contribution in [3.8, 4) is 11.8 Å². The number of aryl methyl sites for hydroxylation is 1. The summed E-state index contributed by atoms with van der Waals surface area (Å²) in [6.45, 7) is 1.86. The van der Waals surface area contributed by atoms with Crippen molar-refractivity contribution >= 4 is 5.95 Å². The first kappa shape index (κ1) is 9.38. The van der Waals surface area contributed by atoms with Crippen molar-refractivity contribution in [3.63, 3.8) is 0 Å². The molecule has 0 aliphatic heterocycles. The molecule has 2 heterocycles. The zero-order chi connectivity index (χ0) is 10.8. The van der Waals surface area contributed by atoms with Crippen LogP contribution in [0.15, 0.2) is 12.4 Å². The maximum absolute atomic E-state index is 5.65. The summed E-state index contributed by atoms with van der Waals surface area (Å²) in [6.07, 6.45) is 1.44. The van der Waals surface area contributed by atoms with Crippen molar-refractivity contribution in [1.29, 1.82) is 0 Å². The molecule has 0 fully saturated rings. The van der Waals surface area contributed by atoms with E-state index in [1.54, 1.807) is 6.07 Å². The Balaban J connectivity index is 2.48. The fourth-order valence-corrected chi connectivity index (χ4v) is 1.12. The van der Waals surface area contributed by atoms with Crippen molar-refractivity contribution in [3.05, 3.63) is 18.1 Å². The SMILES string of the molecule is COc1nc(N)n(-c2cc(C)ncn2)n1. The fraction of sp³-hybridized carbons (Fsp3) is 0.250. The first-order valence-electron chi connectivity index (χ1n) is 4.26. The molecule has 0 atom stereocenters. The van der Waals surface area contributed by atoms with Crippen LogP contribution in [0.1, 0.15) is 5.69 Å². The monoisotopic (exact) mass is 206 g/mol. The molecule has 0 saturated carbocycles. The summed E-state index contributed by atoms with van der Waals surface area (Å²) in [5.74, 6) is 0.792. The summed E-state index contributed by atoms with van der Waals surface area (Å²) in [6, 6.07) is 1.97. The third kappa shape index (κ3) is 1.71. The molecular weight excluding hydrogens is 196 g/mol. The smallest absolute Gasteiger partial charge is 0.337 e. The Hall–Kier alpha value is -2.18. The van der Waals surface area contributed by atoms with Crippen molar-refractivity contribution in [2.24, 2.45) is 0 Å². The Kier molecular flexibility index (Phi) is 2.20. The molecule has 0 spiro atoms. The van der Waals surface area contributed by atoms with Gasteiger partial charge >= 0.3 is 6.01 Å². The van der Waals surface area contributed by atoms with Crippen LogP contribution >= 0.6 is 0 Å². The second-order valence-electron chi connectivity index (χ2n) is 2.89. The summed E-state index contributed by atoms with van der Waals surface area (Å²) in [7, 11) is 1.48. The van der Waals surface area contributed by atoms with Gasteiger partial charge in [-0.3, -0.25) is 0 Å². The van der Waals surface area contributed by atoms with Crippen LogP contribution in [-0.4, -0.2) is 31.8 Å². The molecule has 0 amide bonds. The van der Waals surface area contributed by atoms with E-state index in [4.69, 9.17) is 10.5 Å². The number of anilines is 1. The van der Waals surface area contributed by atoms with Crippen LogP contribution in [-0.2, 0) is 0 Å². The van der Waals surface area contributed by atoms with Crippen molar-refractivity contribution in [1.82, 2.24) is 24.7 Å². The lowest BCUT2D eigenvalue weighted by Gasteiger charge is -2.00. The van der Waals surface area contributed by atoms with Gasteiger partial charge in [0.1, 0.15) is 6.33 Å². The van der Waals surface area contributed by atoms with Gasteiger partial charge in [0.05, 0.1) is 7.11 Å². The largest absolute Gasteiger partial charge is 0.466 e. The van der Waals surface area contributed by atoms with E-state index >= 15 is 0 Å². The van der Waals surface area contributed by atoms with Crippen LogP contribution < -0.4 is 10.5 Å². The van der Waals surface area contributed by atoms with E-state index in [1.807, 2.05) is 6.92 Å². The second kappa shape index (κ2) is 3.52. The van der Waals surface area contributed by atoms with E-state index in [1.165, 1.54) is 18.1 Å². The van der Waals surface area contributed by atoms with Crippen LogP contribution in [0.3, 0.4) is 0 Å². The molecule has 7 nitrogen and oxygen atoms in total. The Labute approximate surface area is 85.9 Å². The zero-order valence-corrected chi connectivity index (χ0v) is 8.38. The molecule has 0 aliphatic rings. The van der Waals surface area contributed by atoms with Crippen molar-refractivity contribution < 1.29 is 4.74 Å². The highest BCUT2D eigenvalue weighted by Gasteiger charge is 2.09. The number of rotatable bonds is 2. The van der Waals surface area contributed by atoms with Gasteiger partial charge in [-0.25, -0.2) is 9.97 Å². The number of ether oxygens (including phenoxy) is 1. The van der Waals surface area contributed by atoms with Gasteiger partial charge in [0.2, 0.25) is 5.95 Å². The third-order valence-corrected chi connectivity index (χ3v) is 1.80. The molecule has 7 heteroatoms. The third-order valence-electron chi connectivity index (χ3n) is 1.80. The van der Waals surface area contributed by atoms with Gasteiger partial charge in [-0.05, 0) is 6.92 Å². The van der Waals surface area contributed by atoms with E-state index in [9.17, 15) is 0 Å². The van der Waals surface area contributed by atoms with Gasteiger partial charge in [0, 0.05) is 11.8 Å². The molecule has 78 valence electrons. The van der Waals surface area contributed by atoms with Crippen LogP contribution in [0.25, 0.3) is 5.82 Å². The van der Waals surface area contributed by atoms with E-state index < -0.39 is 0 Å². The number of nitrogen functional groups attached to an aromatic ring is 1. The molecule has 0 radical (unpaired) electrons. The number of methoxy groups -OCH3 is 1. The number of nitrogens with two attached hydrogens (primary N) is 1. The predicted molar refractivity (Wildman–Crippen MR) is 52.7 cm³/mol. The van der Waals surface area contributed by atoms with Crippen molar-refractivity contribution in [2.45, 2.75) is 6.92 Å². The predicted octanol–water partition coefficient (Wildman–Crippen LogP) is -0.0435. The van der Waals surface area contributed by atoms with E-state index in [0.717, 1.165) is 5.69 Å². The van der Waals surface area contributed by atoms with Gasteiger partial charge in [0.15, 0.2) is 5.82 Å². The minimum Gasteiger partial charge on any atom is -0.466 e. The van der Waals surface area contributed by atoms with E-state index in [-0.39, 0.29) is 12.0 Å². The van der Waals surface area contributed by atoms with Gasteiger partial charge in [-0.2, -0.15) is 9.67 Å². The highest BCUT2D eigenvalue weighted by Crippen LogP contribution is 2.12. The van der Waals surface area contributed by atoms with Crippen molar-refractivity contribution in [2.75, 3.05) is 12.8 Å². The van der Waals surface area contributed by atoms with Gasteiger partial charge in [-0.1, -0.05) is 0 Å². The number of hydrogen-bond donors (Lipinski definition) is 1. The molecular formula is C8H10N6O. The average molecular weight is 206 g/mol. The lowest BCUT2D eigenvalue weighted by atomic mass is 10.4. The molecule has 0 aliphatic carbocycles. The van der Waals surface area contributed by atoms with E-state index in [0.29, 0.717) is 5.82 Å². The minimum atomic E-state index is 0.212. The molecule has 2 aromatic rings. The summed E-state index contributed by atoms with van der Waals surface area (Å²) in [5, 5.41) is 4.01. The van der Waals surface area contributed by atoms with E-state index in [2.05, 4.69) is 20.1 Å². The lowest BCUT2D eigenvalue weighted by molar-refractivity contribution is 0.379. The molecule has 2 N–H and O–H groups in total. The Morgan fingerprint density at radius 1 is 1.40 bits per heavy atom. The summed E-state index contributed by atoms with van der Waals surface area (Å²) < 4.78 is 6.26. The topological polar surface area (TPSA) is 91.7 Å². The molecule has 2 rings (SSSR count). The fourth-order valence-electron chi connectivity index (χ4n) is 1.12. The van der Waals surface area contributed by atoms with Gasteiger partial charge in [-0.15, -0.1) is 5.10 Å². The Bertz CT molecular complexity index is 480. The molecule has 0 bridgehead atoms. The second-order valence-corrected chi connectivity index (χ2v) is 2.89. The highest BCUT2D eigenvalue weighted by molar-refractivity contribution is 5.32. The quantitative estimate of drug-likeness (QED) is 0.741. The highest BCUT2D eigenvalue weighted by atomic mass is 16.5. The summed E-state index contributed by atoms with van der Waals surface area (Å²) >= 11 is 0. The van der Waals surface area contributed by atoms with Gasteiger partial charge in [0.25, 0.3) is 0 Å². The first-order chi connectivity index (χ1) is 7.20. The van der Waals surface area contributed by atoms with Crippen LogP contribution in [0, 0.1) is 6.92 Å². The van der Waals surface area contributed by atoms with Crippen LogP contribution in [0.4, 0.5) is 5.95 Å². The number of hydrogen-bond acceptors (Lipinski definition) is 6. The molecule has 0 saturated heterocycles. The summed E-state index contributed by atoms with van der Waals surface area (Å²) in [4.78, 5) is 11.9. The molecule has 15 heavy (non-hydrogen) atoms. The molecule has 2 aromatic heterocycles. The Morgan fingerprint density at radius 3 is 2.80 bits per heavy atom. The number of nitrogens with zero attached hydrogens (tertiary/aromatic N) is 5. The lowest BCUT2D eigenvalue weighted by Crippen LogP contribution is -2.05. The van der Waals surface area contributed by atoms with Crippen LogP contribution in [0.5, 0.6) is 6.01 Å². The van der Waals surface area contributed by atoms with Gasteiger partial charge < -0.3 is 10.5 Å². The molecule has 0 aromatic carbocycles. The van der Waals surface area contributed by atoms with Crippen LogP contribution in [0.2, 0.25) is 0 Å².